The van der Waals surface area contributed by atoms with Crippen LogP contribution in [0, 0.1) is 6.92 Å². The van der Waals surface area contributed by atoms with Crippen LogP contribution >= 0.6 is 0 Å². The molecule has 1 N–H and O–H groups in total. The van der Waals surface area contributed by atoms with Crippen LogP contribution in [0.15, 0.2) is 71.6 Å². The van der Waals surface area contributed by atoms with E-state index in [1.807, 2.05) is 26.0 Å². The lowest BCUT2D eigenvalue weighted by molar-refractivity contribution is -0.120. The van der Waals surface area contributed by atoms with Crippen LogP contribution < -0.4 is 23.8 Å². The van der Waals surface area contributed by atoms with Crippen molar-refractivity contribution in [2.24, 2.45) is 0 Å². The van der Waals surface area contributed by atoms with Gasteiger partial charge in [-0.1, -0.05) is 35.9 Å². The molecule has 184 valence electrons. The van der Waals surface area contributed by atoms with Crippen LogP contribution in [0.3, 0.4) is 0 Å². The fourth-order valence-electron chi connectivity index (χ4n) is 3.80. The molecule has 1 heterocycles. The smallest absolute Gasteiger partial charge is 0.264 e. The molecule has 35 heavy (non-hydrogen) atoms. The second-order valence-corrected chi connectivity index (χ2v) is 10.1. The van der Waals surface area contributed by atoms with Gasteiger partial charge in [-0.05, 0) is 55.8 Å². The average molecular weight is 497 g/mol. The molecule has 0 bridgehead atoms. The number of carbonyl (C=O) groups is 1. The van der Waals surface area contributed by atoms with Crippen molar-refractivity contribution in [2.75, 3.05) is 31.2 Å². The summed E-state index contributed by atoms with van der Waals surface area (Å²) < 4.78 is 44.9. The number of carbonyl (C=O) groups excluding carboxylic acids is 1. The zero-order valence-corrected chi connectivity index (χ0v) is 20.7. The maximum atomic E-state index is 13.6. The molecule has 0 aromatic heterocycles. The molecular formula is C26H28N2O6S. The molecule has 0 aliphatic carbocycles. The molecule has 1 aliphatic heterocycles. The molecule has 9 heteroatoms. The number of benzene rings is 3. The van der Waals surface area contributed by atoms with Gasteiger partial charge in [-0.3, -0.25) is 9.10 Å². The van der Waals surface area contributed by atoms with Crippen LogP contribution in [0.4, 0.5) is 5.69 Å². The Morgan fingerprint density at radius 1 is 1.03 bits per heavy atom. The quantitative estimate of drug-likeness (QED) is 0.509. The molecule has 0 unspecified atom stereocenters. The summed E-state index contributed by atoms with van der Waals surface area (Å²) in [5, 5.41) is 2.89. The van der Waals surface area contributed by atoms with Crippen molar-refractivity contribution in [3.63, 3.8) is 0 Å². The SMILES string of the molecule is COc1ccccc1N(CC(=O)N[C@@H](C)c1ccc2c(c1)OCCO2)S(=O)(=O)c1ccc(C)cc1. The predicted molar refractivity (Wildman–Crippen MR) is 133 cm³/mol. The van der Waals surface area contributed by atoms with Crippen molar-refractivity contribution in [3.05, 3.63) is 77.9 Å². The number of para-hydroxylation sites is 2. The molecule has 0 radical (unpaired) electrons. The van der Waals surface area contributed by atoms with Crippen molar-refractivity contribution in [1.29, 1.82) is 0 Å². The Balaban J connectivity index is 1.60. The minimum Gasteiger partial charge on any atom is -0.495 e. The summed E-state index contributed by atoms with van der Waals surface area (Å²) >= 11 is 0. The van der Waals surface area contributed by atoms with Gasteiger partial charge in [0.2, 0.25) is 5.91 Å². The monoisotopic (exact) mass is 496 g/mol. The first-order valence-corrected chi connectivity index (χ1v) is 12.6. The lowest BCUT2D eigenvalue weighted by Crippen LogP contribution is -2.41. The largest absolute Gasteiger partial charge is 0.495 e. The number of methoxy groups -OCH3 is 1. The van der Waals surface area contributed by atoms with Gasteiger partial charge in [0.1, 0.15) is 25.5 Å². The molecule has 1 amide bonds. The van der Waals surface area contributed by atoms with Gasteiger partial charge in [-0.2, -0.15) is 0 Å². The number of ether oxygens (including phenoxy) is 3. The number of anilines is 1. The molecule has 3 aromatic carbocycles. The summed E-state index contributed by atoms with van der Waals surface area (Å²) in [7, 11) is -2.60. The van der Waals surface area contributed by atoms with E-state index in [1.54, 1.807) is 42.5 Å². The molecule has 8 nitrogen and oxygen atoms in total. The van der Waals surface area contributed by atoms with Crippen LogP contribution in [0.2, 0.25) is 0 Å². The van der Waals surface area contributed by atoms with E-state index in [0.29, 0.717) is 30.5 Å². The number of sulfonamides is 1. The summed E-state index contributed by atoms with van der Waals surface area (Å²) in [6.07, 6.45) is 0. The normalized spacial score (nSPS) is 13.6. The molecule has 0 saturated heterocycles. The lowest BCUT2D eigenvalue weighted by Gasteiger charge is -2.26. The second-order valence-electron chi connectivity index (χ2n) is 8.19. The van der Waals surface area contributed by atoms with E-state index in [1.165, 1.54) is 19.2 Å². The first kappa shape index (κ1) is 24.4. The van der Waals surface area contributed by atoms with Gasteiger partial charge < -0.3 is 19.5 Å². The number of nitrogens with one attached hydrogen (secondary N) is 1. The van der Waals surface area contributed by atoms with Crippen LogP contribution in [-0.2, 0) is 14.8 Å². The van der Waals surface area contributed by atoms with Crippen LogP contribution in [-0.4, -0.2) is 41.2 Å². The third-order valence-corrected chi connectivity index (χ3v) is 7.47. The Labute approximate surface area is 205 Å². The Morgan fingerprint density at radius 3 is 2.43 bits per heavy atom. The summed E-state index contributed by atoms with van der Waals surface area (Å²) in [5.74, 6) is 1.15. The van der Waals surface area contributed by atoms with E-state index in [0.717, 1.165) is 15.4 Å². The second kappa shape index (κ2) is 10.3. The third-order valence-electron chi connectivity index (χ3n) is 5.69. The minimum absolute atomic E-state index is 0.0849. The standard InChI is InChI=1S/C26H28N2O6S/c1-18-8-11-21(12-9-18)35(30,31)28(22-6-4-5-7-23(22)32-3)17-26(29)27-19(2)20-10-13-24-25(16-20)34-15-14-33-24/h4-13,16,19H,14-15,17H2,1-3H3,(H,27,29)/t19-/m0/s1. The minimum atomic E-state index is -4.06. The van der Waals surface area contributed by atoms with E-state index >= 15 is 0 Å². The van der Waals surface area contributed by atoms with Gasteiger partial charge in [0, 0.05) is 0 Å². The maximum absolute atomic E-state index is 13.6. The van der Waals surface area contributed by atoms with Gasteiger partial charge in [-0.25, -0.2) is 8.42 Å². The first-order valence-electron chi connectivity index (χ1n) is 11.2. The maximum Gasteiger partial charge on any atom is 0.264 e. The van der Waals surface area contributed by atoms with Crippen molar-refractivity contribution in [1.82, 2.24) is 5.32 Å². The molecule has 1 aliphatic rings. The third kappa shape index (κ3) is 5.35. The van der Waals surface area contributed by atoms with Crippen LogP contribution in [0.25, 0.3) is 0 Å². The molecule has 0 saturated carbocycles. The number of fused-ring (bicyclic) bond motifs is 1. The highest BCUT2D eigenvalue weighted by Crippen LogP contribution is 2.34. The predicted octanol–water partition coefficient (Wildman–Crippen LogP) is 3.85. The molecule has 0 spiro atoms. The molecule has 4 rings (SSSR count). The molecule has 0 fully saturated rings. The number of rotatable bonds is 8. The number of aryl methyl sites for hydroxylation is 1. The first-order chi connectivity index (χ1) is 16.8. The highest BCUT2D eigenvalue weighted by atomic mass is 32.2. The zero-order chi connectivity index (χ0) is 25.0. The summed E-state index contributed by atoms with van der Waals surface area (Å²) in [4.78, 5) is 13.2. The molecule has 3 aromatic rings. The number of amides is 1. The van der Waals surface area contributed by atoms with E-state index in [-0.39, 0.29) is 16.6 Å². The van der Waals surface area contributed by atoms with Crippen molar-refractivity contribution in [2.45, 2.75) is 24.8 Å². The fourth-order valence-corrected chi connectivity index (χ4v) is 5.23. The molecule has 1 atom stereocenters. The van der Waals surface area contributed by atoms with Crippen molar-refractivity contribution in [3.8, 4) is 17.2 Å². The van der Waals surface area contributed by atoms with E-state index < -0.39 is 22.5 Å². The Bertz CT molecular complexity index is 1310. The van der Waals surface area contributed by atoms with Crippen LogP contribution in [0.1, 0.15) is 24.1 Å². The van der Waals surface area contributed by atoms with E-state index in [9.17, 15) is 13.2 Å². The topological polar surface area (TPSA) is 94.2 Å². The van der Waals surface area contributed by atoms with Gasteiger partial charge in [0.25, 0.3) is 10.0 Å². The average Bonchev–Trinajstić information content (AvgIpc) is 2.87. The molecular weight excluding hydrogens is 468 g/mol. The van der Waals surface area contributed by atoms with Crippen molar-refractivity contribution >= 4 is 21.6 Å². The number of hydrogen-bond donors (Lipinski definition) is 1. The summed E-state index contributed by atoms with van der Waals surface area (Å²) in [6.45, 7) is 4.23. The highest BCUT2D eigenvalue weighted by molar-refractivity contribution is 7.92. The van der Waals surface area contributed by atoms with E-state index in [4.69, 9.17) is 14.2 Å². The highest BCUT2D eigenvalue weighted by Gasteiger charge is 2.30. The Hall–Kier alpha value is -3.72. The number of hydrogen-bond acceptors (Lipinski definition) is 6. The summed E-state index contributed by atoms with van der Waals surface area (Å²) in [5.41, 5.74) is 2.02. The van der Waals surface area contributed by atoms with Gasteiger partial charge in [0.05, 0.1) is 23.7 Å². The Morgan fingerprint density at radius 2 is 1.71 bits per heavy atom. The fraction of sp³-hybridized carbons (Fsp3) is 0.269. The van der Waals surface area contributed by atoms with Gasteiger partial charge in [0.15, 0.2) is 11.5 Å². The van der Waals surface area contributed by atoms with Gasteiger partial charge in [-0.15, -0.1) is 0 Å². The Kier molecular flexibility index (Phi) is 7.16. The summed E-state index contributed by atoms with van der Waals surface area (Å²) in [6, 6.07) is 18.3. The number of nitrogens with zero attached hydrogens (tertiary/aromatic N) is 1. The van der Waals surface area contributed by atoms with Crippen molar-refractivity contribution < 1.29 is 27.4 Å². The van der Waals surface area contributed by atoms with Crippen LogP contribution in [0.5, 0.6) is 17.2 Å². The van der Waals surface area contributed by atoms with Gasteiger partial charge >= 0.3 is 0 Å². The van der Waals surface area contributed by atoms with E-state index in [2.05, 4.69) is 5.32 Å². The lowest BCUT2D eigenvalue weighted by atomic mass is 10.1. The zero-order valence-electron chi connectivity index (χ0n) is 19.9.